The van der Waals surface area contributed by atoms with E-state index in [9.17, 15) is 9.90 Å². The summed E-state index contributed by atoms with van der Waals surface area (Å²) < 4.78 is 4.97. The van der Waals surface area contributed by atoms with Gasteiger partial charge in [0.2, 0.25) is 0 Å². The Morgan fingerprint density at radius 3 is 2.86 bits per heavy atom. The summed E-state index contributed by atoms with van der Waals surface area (Å²) in [5, 5.41) is 12.4. The third kappa shape index (κ3) is 4.56. The normalized spacial score (nSPS) is 15.9. The van der Waals surface area contributed by atoms with E-state index in [0.29, 0.717) is 23.7 Å². The number of aliphatic hydroxyl groups excluding tert-OH is 1. The molecule has 2 heterocycles. The van der Waals surface area contributed by atoms with E-state index in [1.807, 2.05) is 0 Å². The van der Waals surface area contributed by atoms with Crippen LogP contribution < -0.4 is 10.2 Å². The van der Waals surface area contributed by atoms with Gasteiger partial charge in [-0.15, -0.1) is 0 Å². The van der Waals surface area contributed by atoms with Crippen molar-refractivity contribution in [3.63, 3.8) is 0 Å². The van der Waals surface area contributed by atoms with Gasteiger partial charge in [0.1, 0.15) is 11.0 Å². The monoisotopic (exact) mass is 327 g/mol. The van der Waals surface area contributed by atoms with Crippen LogP contribution in [0, 0.1) is 0 Å². The zero-order valence-corrected chi connectivity index (χ0v) is 13.5. The van der Waals surface area contributed by atoms with Crippen LogP contribution >= 0.6 is 11.6 Å². The predicted molar refractivity (Wildman–Crippen MR) is 85.5 cm³/mol. The van der Waals surface area contributed by atoms with Gasteiger partial charge >= 0.3 is 0 Å². The number of aromatic nitrogens is 1. The second kappa shape index (κ2) is 8.31. The maximum atomic E-state index is 12.3. The van der Waals surface area contributed by atoms with Crippen molar-refractivity contribution in [3.05, 3.63) is 22.8 Å². The highest BCUT2D eigenvalue weighted by Crippen LogP contribution is 2.22. The molecule has 0 unspecified atom stereocenters. The van der Waals surface area contributed by atoms with Gasteiger partial charge in [-0.25, -0.2) is 4.98 Å². The average molecular weight is 328 g/mol. The molecule has 22 heavy (non-hydrogen) atoms. The predicted octanol–water partition coefficient (Wildman–Crippen LogP) is 1.46. The molecule has 0 bridgehead atoms. The number of pyridine rings is 1. The summed E-state index contributed by atoms with van der Waals surface area (Å²) >= 11 is 6.04. The molecule has 0 aliphatic carbocycles. The van der Waals surface area contributed by atoms with E-state index in [4.69, 9.17) is 16.3 Å². The Bertz CT molecular complexity index is 507. The molecular formula is C15H22ClN3O3. The Hall–Kier alpha value is -1.37. The minimum Gasteiger partial charge on any atom is -0.394 e. The maximum Gasteiger partial charge on any atom is 0.251 e. The molecule has 122 valence electrons. The molecule has 2 N–H and O–H groups in total. The molecule has 1 aliphatic rings. The number of amides is 1. The molecule has 1 aromatic rings. The van der Waals surface area contributed by atoms with Crippen molar-refractivity contribution in [1.29, 1.82) is 0 Å². The number of methoxy groups -OCH3 is 1. The highest BCUT2D eigenvalue weighted by atomic mass is 35.5. The topological polar surface area (TPSA) is 74.7 Å². The molecule has 6 nitrogen and oxygen atoms in total. The molecule has 7 heteroatoms. The zero-order chi connectivity index (χ0) is 15.9. The molecule has 1 aromatic heterocycles. The number of nitrogens with one attached hydrogen (secondary N) is 1. The van der Waals surface area contributed by atoms with Crippen LogP contribution in [0.15, 0.2) is 12.1 Å². The summed E-state index contributed by atoms with van der Waals surface area (Å²) in [7, 11) is 1.58. The summed E-state index contributed by atoms with van der Waals surface area (Å²) in [5.41, 5.74) is 0.456. The average Bonchev–Trinajstić information content (AvgIpc) is 3.05. The van der Waals surface area contributed by atoms with Gasteiger partial charge in [-0.1, -0.05) is 11.6 Å². The number of rotatable bonds is 7. The highest BCUT2D eigenvalue weighted by Gasteiger charge is 2.18. The number of nitrogens with zero attached hydrogens (tertiary/aromatic N) is 2. The first kappa shape index (κ1) is 17.0. The Labute approximate surface area is 135 Å². The number of hydrogen-bond acceptors (Lipinski definition) is 5. The number of carbonyl (C=O) groups is 1. The molecule has 2 rings (SSSR count). The molecular weight excluding hydrogens is 306 g/mol. The summed E-state index contributed by atoms with van der Waals surface area (Å²) in [5.74, 6) is 0.465. The molecule has 1 atom stereocenters. The van der Waals surface area contributed by atoms with Crippen LogP contribution in [-0.2, 0) is 4.74 Å². The summed E-state index contributed by atoms with van der Waals surface area (Å²) in [6.45, 7) is 2.21. The Morgan fingerprint density at radius 1 is 1.50 bits per heavy atom. The van der Waals surface area contributed by atoms with Crippen LogP contribution in [0.2, 0.25) is 5.15 Å². The van der Waals surface area contributed by atoms with Crippen LogP contribution in [-0.4, -0.2) is 55.5 Å². The van der Waals surface area contributed by atoms with Gasteiger partial charge in [0, 0.05) is 32.4 Å². The van der Waals surface area contributed by atoms with Gasteiger partial charge in [0.15, 0.2) is 0 Å². The Balaban J connectivity index is 2.08. The molecule has 0 spiro atoms. The van der Waals surface area contributed by atoms with Gasteiger partial charge in [-0.3, -0.25) is 4.79 Å². The van der Waals surface area contributed by atoms with E-state index in [0.717, 1.165) is 31.7 Å². The number of ether oxygens (including phenoxy) is 1. The fraction of sp³-hybridized carbons (Fsp3) is 0.600. The Morgan fingerprint density at radius 2 is 2.23 bits per heavy atom. The van der Waals surface area contributed by atoms with Crippen LogP contribution in [0.4, 0.5) is 5.82 Å². The number of hydrogen-bond donors (Lipinski definition) is 2. The van der Waals surface area contributed by atoms with Crippen molar-refractivity contribution in [3.8, 4) is 0 Å². The van der Waals surface area contributed by atoms with E-state index in [1.165, 1.54) is 0 Å². The molecule has 1 saturated heterocycles. The van der Waals surface area contributed by atoms with Crippen molar-refractivity contribution in [1.82, 2.24) is 10.3 Å². The lowest BCUT2D eigenvalue weighted by atomic mass is 10.2. The molecule has 1 fully saturated rings. The molecule has 0 radical (unpaired) electrons. The van der Waals surface area contributed by atoms with Gasteiger partial charge in [-0.2, -0.15) is 0 Å². The Kier molecular flexibility index (Phi) is 6.42. The minimum absolute atomic E-state index is 0.132. The summed E-state index contributed by atoms with van der Waals surface area (Å²) in [4.78, 5) is 18.7. The number of halogens is 1. The minimum atomic E-state index is -0.338. The molecule has 0 aromatic carbocycles. The van der Waals surface area contributed by atoms with Crippen LogP contribution in [0.3, 0.4) is 0 Å². The SMILES string of the molecule is COCC[C@@H](CO)NC(=O)c1cc(Cl)nc(N2CCCC2)c1. The zero-order valence-electron chi connectivity index (χ0n) is 12.7. The smallest absolute Gasteiger partial charge is 0.251 e. The van der Waals surface area contributed by atoms with Crippen molar-refractivity contribution >= 4 is 23.3 Å². The quantitative estimate of drug-likeness (QED) is 0.742. The van der Waals surface area contributed by atoms with E-state index < -0.39 is 0 Å². The molecule has 1 aliphatic heterocycles. The van der Waals surface area contributed by atoms with E-state index in [-0.39, 0.29) is 18.6 Å². The molecule has 0 saturated carbocycles. The fourth-order valence-electron chi connectivity index (χ4n) is 2.46. The van der Waals surface area contributed by atoms with Crippen molar-refractivity contribution < 1.29 is 14.6 Å². The standard InChI is InChI=1S/C15H22ClN3O3/c1-22-7-4-12(10-20)17-15(21)11-8-13(16)18-14(9-11)19-5-2-3-6-19/h8-9,12,20H,2-7,10H2,1H3,(H,17,21)/t12-/m0/s1. The second-order valence-electron chi connectivity index (χ2n) is 5.37. The second-order valence-corrected chi connectivity index (χ2v) is 5.75. The van der Waals surface area contributed by atoms with Crippen LogP contribution in [0.25, 0.3) is 0 Å². The maximum absolute atomic E-state index is 12.3. The van der Waals surface area contributed by atoms with Gasteiger partial charge in [0.05, 0.1) is 12.6 Å². The van der Waals surface area contributed by atoms with E-state index in [2.05, 4.69) is 15.2 Å². The first-order valence-electron chi connectivity index (χ1n) is 7.47. The first-order chi connectivity index (χ1) is 10.6. The third-order valence-corrected chi connectivity index (χ3v) is 3.89. The summed E-state index contributed by atoms with van der Waals surface area (Å²) in [6.07, 6.45) is 2.80. The highest BCUT2D eigenvalue weighted by molar-refractivity contribution is 6.29. The van der Waals surface area contributed by atoms with Gasteiger partial charge in [-0.05, 0) is 31.4 Å². The van der Waals surface area contributed by atoms with E-state index in [1.54, 1.807) is 19.2 Å². The van der Waals surface area contributed by atoms with Crippen molar-refractivity contribution in [2.75, 3.05) is 38.3 Å². The fourth-order valence-corrected chi connectivity index (χ4v) is 2.66. The molecule has 1 amide bonds. The number of anilines is 1. The van der Waals surface area contributed by atoms with Crippen molar-refractivity contribution in [2.24, 2.45) is 0 Å². The number of carbonyl (C=O) groups excluding carboxylic acids is 1. The first-order valence-corrected chi connectivity index (χ1v) is 7.85. The van der Waals surface area contributed by atoms with Crippen molar-refractivity contribution in [2.45, 2.75) is 25.3 Å². The van der Waals surface area contributed by atoms with Gasteiger partial charge in [0.25, 0.3) is 5.91 Å². The van der Waals surface area contributed by atoms with E-state index >= 15 is 0 Å². The lowest BCUT2D eigenvalue weighted by Crippen LogP contribution is -2.38. The lowest BCUT2D eigenvalue weighted by molar-refractivity contribution is 0.0894. The largest absolute Gasteiger partial charge is 0.394 e. The van der Waals surface area contributed by atoms with Gasteiger partial charge < -0.3 is 20.1 Å². The number of aliphatic hydroxyl groups is 1. The van der Waals surface area contributed by atoms with Crippen LogP contribution in [0.5, 0.6) is 0 Å². The van der Waals surface area contributed by atoms with Crippen LogP contribution in [0.1, 0.15) is 29.6 Å². The third-order valence-electron chi connectivity index (χ3n) is 3.70. The lowest BCUT2D eigenvalue weighted by Gasteiger charge is -2.19. The summed E-state index contributed by atoms with van der Waals surface area (Å²) in [6, 6.07) is 2.95.